The van der Waals surface area contributed by atoms with Gasteiger partial charge in [0.25, 0.3) is 0 Å². The van der Waals surface area contributed by atoms with Gasteiger partial charge in [0.2, 0.25) is 0 Å². The Morgan fingerprint density at radius 3 is 2.94 bits per heavy atom. The van der Waals surface area contributed by atoms with Crippen LogP contribution in [-0.4, -0.2) is 36.4 Å². The van der Waals surface area contributed by atoms with Crippen molar-refractivity contribution in [1.82, 2.24) is 4.90 Å². The highest BCUT2D eigenvalue weighted by Crippen LogP contribution is 2.21. The smallest absolute Gasteiger partial charge is 0.178 e. The van der Waals surface area contributed by atoms with E-state index in [9.17, 15) is 4.79 Å². The second-order valence-electron chi connectivity index (χ2n) is 4.68. The van der Waals surface area contributed by atoms with Crippen LogP contribution in [0.2, 0.25) is 10.0 Å². The lowest BCUT2D eigenvalue weighted by Gasteiger charge is -2.30. The van der Waals surface area contributed by atoms with Crippen molar-refractivity contribution in [2.45, 2.75) is 18.9 Å². The van der Waals surface area contributed by atoms with Gasteiger partial charge in [0.05, 0.1) is 11.6 Å². The molecule has 3 nitrogen and oxygen atoms in total. The van der Waals surface area contributed by atoms with Crippen molar-refractivity contribution >= 4 is 29.0 Å². The van der Waals surface area contributed by atoms with Crippen LogP contribution < -0.4 is 5.73 Å². The molecular formula is C13H16Cl2N2O. The number of carbonyl (C=O) groups excluding carboxylic acids is 1. The molecule has 1 unspecified atom stereocenters. The van der Waals surface area contributed by atoms with Crippen LogP contribution in [0.5, 0.6) is 0 Å². The van der Waals surface area contributed by atoms with Crippen molar-refractivity contribution in [1.29, 1.82) is 0 Å². The lowest BCUT2D eigenvalue weighted by atomic mass is 10.0. The van der Waals surface area contributed by atoms with E-state index in [0.29, 0.717) is 22.2 Å². The van der Waals surface area contributed by atoms with Gasteiger partial charge >= 0.3 is 0 Å². The maximum absolute atomic E-state index is 12.2. The van der Waals surface area contributed by atoms with Crippen molar-refractivity contribution < 1.29 is 4.79 Å². The third-order valence-corrected chi connectivity index (χ3v) is 3.70. The molecule has 1 aromatic rings. The van der Waals surface area contributed by atoms with E-state index in [1.165, 1.54) is 0 Å². The van der Waals surface area contributed by atoms with E-state index in [1.807, 2.05) is 0 Å². The van der Waals surface area contributed by atoms with E-state index >= 15 is 0 Å². The second-order valence-corrected chi connectivity index (χ2v) is 5.53. The van der Waals surface area contributed by atoms with E-state index in [4.69, 9.17) is 28.9 Å². The second kappa shape index (κ2) is 6.02. The van der Waals surface area contributed by atoms with Gasteiger partial charge in [-0.3, -0.25) is 9.69 Å². The predicted molar refractivity (Wildman–Crippen MR) is 74.4 cm³/mol. The number of nitrogens with two attached hydrogens (primary N) is 1. The Bertz CT molecular complexity index is 451. The summed E-state index contributed by atoms with van der Waals surface area (Å²) in [5, 5.41) is 0.976. The van der Waals surface area contributed by atoms with Gasteiger partial charge in [-0.25, -0.2) is 0 Å². The molecule has 2 rings (SSSR count). The van der Waals surface area contributed by atoms with Crippen LogP contribution >= 0.6 is 23.2 Å². The number of hydrogen-bond donors (Lipinski definition) is 1. The zero-order chi connectivity index (χ0) is 13.1. The van der Waals surface area contributed by atoms with Crippen LogP contribution in [0.4, 0.5) is 0 Å². The molecular weight excluding hydrogens is 271 g/mol. The lowest BCUT2D eigenvalue weighted by molar-refractivity contribution is 0.0908. The number of piperidine rings is 1. The SMILES string of the molecule is NC1CCCN(CC(=O)c2cc(Cl)ccc2Cl)C1. The fourth-order valence-corrected chi connectivity index (χ4v) is 2.63. The maximum Gasteiger partial charge on any atom is 0.178 e. The molecule has 1 atom stereocenters. The molecule has 1 saturated heterocycles. The van der Waals surface area contributed by atoms with Crippen molar-refractivity contribution in [3.8, 4) is 0 Å². The quantitative estimate of drug-likeness (QED) is 0.869. The molecule has 1 aliphatic heterocycles. The molecule has 18 heavy (non-hydrogen) atoms. The highest BCUT2D eigenvalue weighted by molar-refractivity contribution is 6.36. The van der Waals surface area contributed by atoms with Crippen LogP contribution in [0.25, 0.3) is 0 Å². The summed E-state index contributed by atoms with van der Waals surface area (Å²) in [6, 6.07) is 5.12. The number of hydrogen-bond acceptors (Lipinski definition) is 3. The highest BCUT2D eigenvalue weighted by Gasteiger charge is 2.20. The molecule has 0 amide bonds. The largest absolute Gasteiger partial charge is 0.327 e. The molecule has 5 heteroatoms. The summed E-state index contributed by atoms with van der Waals surface area (Å²) in [6.45, 7) is 2.04. The summed E-state index contributed by atoms with van der Waals surface area (Å²) < 4.78 is 0. The number of ketones is 1. The van der Waals surface area contributed by atoms with E-state index in [2.05, 4.69) is 4.90 Å². The number of benzene rings is 1. The summed E-state index contributed by atoms with van der Waals surface area (Å²) in [4.78, 5) is 14.2. The minimum atomic E-state index is -0.00315. The number of halogens is 2. The molecule has 0 spiro atoms. The Morgan fingerprint density at radius 1 is 1.44 bits per heavy atom. The number of rotatable bonds is 3. The lowest BCUT2D eigenvalue weighted by Crippen LogP contribution is -2.44. The molecule has 1 aliphatic rings. The predicted octanol–water partition coefficient (Wildman–Crippen LogP) is 2.60. The fourth-order valence-electron chi connectivity index (χ4n) is 2.23. The molecule has 0 radical (unpaired) electrons. The molecule has 2 N–H and O–H groups in total. The van der Waals surface area contributed by atoms with Gasteiger partial charge in [-0.15, -0.1) is 0 Å². The Morgan fingerprint density at radius 2 is 2.22 bits per heavy atom. The van der Waals surface area contributed by atoms with Crippen LogP contribution in [0.1, 0.15) is 23.2 Å². The minimum Gasteiger partial charge on any atom is -0.327 e. The average molecular weight is 287 g/mol. The van der Waals surface area contributed by atoms with Crippen LogP contribution in [0, 0.1) is 0 Å². The number of nitrogens with zero attached hydrogens (tertiary/aromatic N) is 1. The summed E-state index contributed by atoms with van der Waals surface area (Å²) in [5.74, 6) is -0.00315. The fraction of sp³-hybridized carbons (Fsp3) is 0.462. The summed E-state index contributed by atoms with van der Waals surface area (Å²) >= 11 is 11.9. The average Bonchev–Trinajstić information content (AvgIpc) is 2.32. The van der Waals surface area contributed by atoms with Crippen LogP contribution in [0.15, 0.2) is 18.2 Å². The van der Waals surface area contributed by atoms with Gasteiger partial charge in [0, 0.05) is 23.2 Å². The number of carbonyl (C=O) groups is 1. The number of likely N-dealkylation sites (tertiary alicyclic amines) is 1. The Hall–Kier alpha value is -0.610. The topological polar surface area (TPSA) is 46.3 Å². The van der Waals surface area contributed by atoms with Crippen molar-refractivity contribution in [3.05, 3.63) is 33.8 Å². The van der Waals surface area contributed by atoms with Gasteiger partial charge in [-0.1, -0.05) is 23.2 Å². The van der Waals surface area contributed by atoms with Crippen LogP contribution in [-0.2, 0) is 0 Å². The van der Waals surface area contributed by atoms with Gasteiger partial charge < -0.3 is 5.73 Å². The molecule has 0 aromatic heterocycles. The van der Waals surface area contributed by atoms with Gasteiger partial charge in [-0.05, 0) is 37.6 Å². The third kappa shape index (κ3) is 3.45. The van der Waals surface area contributed by atoms with Gasteiger partial charge in [0.1, 0.15) is 0 Å². The van der Waals surface area contributed by atoms with Crippen molar-refractivity contribution in [2.75, 3.05) is 19.6 Å². The Kier molecular flexibility index (Phi) is 4.62. The van der Waals surface area contributed by atoms with E-state index in [-0.39, 0.29) is 11.8 Å². The standard InChI is InChI=1S/C13H16Cl2N2O/c14-9-3-4-12(15)11(6-9)13(18)8-17-5-1-2-10(16)7-17/h3-4,6,10H,1-2,5,7-8,16H2. The monoisotopic (exact) mass is 286 g/mol. The molecule has 0 saturated carbocycles. The minimum absolute atomic E-state index is 0.00315. The van der Waals surface area contributed by atoms with Crippen molar-refractivity contribution in [3.63, 3.8) is 0 Å². The van der Waals surface area contributed by atoms with E-state index in [1.54, 1.807) is 18.2 Å². The van der Waals surface area contributed by atoms with Crippen molar-refractivity contribution in [2.24, 2.45) is 5.73 Å². The highest BCUT2D eigenvalue weighted by atomic mass is 35.5. The summed E-state index contributed by atoms with van der Waals surface area (Å²) in [6.07, 6.45) is 2.07. The Labute approximate surface area is 117 Å². The Balaban J connectivity index is 2.05. The molecule has 0 bridgehead atoms. The first kappa shape index (κ1) is 13.8. The molecule has 1 aromatic carbocycles. The maximum atomic E-state index is 12.2. The molecule has 1 heterocycles. The van der Waals surface area contributed by atoms with Crippen LogP contribution in [0.3, 0.4) is 0 Å². The first-order valence-corrected chi connectivity index (χ1v) is 6.78. The molecule has 98 valence electrons. The number of Topliss-reactive ketones (excluding diaryl/α,β-unsaturated/α-hetero) is 1. The molecule has 1 fully saturated rings. The van der Waals surface area contributed by atoms with Gasteiger partial charge in [0.15, 0.2) is 5.78 Å². The van der Waals surface area contributed by atoms with E-state index < -0.39 is 0 Å². The summed E-state index contributed by atoms with van der Waals surface area (Å²) in [7, 11) is 0. The normalized spacial score (nSPS) is 20.9. The summed E-state index contributed by atoms with van der Waals surface area (Å²) in [5.41, 5.74) is 6.38. The zero-order valence-electron chi connectivity index (χ0n) is 10.0. The first-order valence-electron chi connectivity index (χ1n) is 6.02. The third-order valence-electron chi connectivity index (χ3n) is 3.14. The van der Waals surface area contributed by atoms with E-state index in [0.717, 1.165) is 25.9 Å². The van der Waals surface area contributed by atoms with Gasteiger partial charge in [-0.2, -0.15) is 0 Å². The zero-order valence-corrected chi connectivity index (χ0v) is 11.5. The first-order chi connectivity index (χ1) is 8.56. The molecule has 0 aliphatic carbocycles.